The summed E-state index contributed by atoms with van der Waals surface area (Å²) in [6.45, 7) is 10.1. The highest BCUT2D eigenvalue weighted by atomic mass is 16.5. The molecule has 0 radical (unpaired) electrons. The first-order valence-corrected chi connectivity index (χ1v) is 10.1. The highest BCUT2D eigenvalue weighted by molar-refractivity contribution is 5.80. The van der Waals surface area contributed by atoms with Crippen molar-refractivity contribution in [1.82, 2.24) is 15.5 Å². The Hall–Kier alpha value is -1.63. The summed E-state index contributed by atoms with van der Waals surface area (Å²) < 4.78 is 10.5. The number of ether oxygens (including phenoxy) is 2. The van der Waals surface area contributed by atoms with Crippen LogP contribution in [0.5, 0.6) is 0 Å². The molecule has 27 heavy (non-hydrogen) atoms. The Kier molecular flexibility index (Phi) is 10.2. The standard InChI is InChI=1S/C21H36N4O2/c1-4-22-21(23-11-8-12-27-14-13-26-3)24-20-15-18(2)25(17-20)16-19-9-6-5-7-10-19/h5-7,9-10,18,20H,4,8,11-17H2,1-3H3,(H2,22,23,24). The van der Waals surface area contributed by atoms with Crippen LogP contribution in [0.25, 0.3) is 0 Å². The molecule has 0 saturated carbocycles. The van der Waals surface area contributed by atoms with E-state index >= 15 is 0 Å². The van der Waals surface area contributed by atoms with Gasteiger partial charge in [0.15, 0.2) is 5.96 Å². The second-order valence-electron chi connectivity index (χ2n) is 7.06. The maximum absolute atomic E-state index is 5.49. The lowest BCUT2D eigenvalue weighted by Crippen LogP contribution is -2.44. The lowest BCUT2D eigenvalue weighted by Gasteiger charge is -2.21. The lowest BCUT2D eigenvalue weighted by molar-refractivity contribution is 0.0702. The molecule has 2 N–H and O–H groups in total. The fourth-order valence-corrected chi connectivity index (χ4v) is 3.36. The van der Waals surface area contributed by atoms with Crippen molar-refractivity contribution in [3.05, 3.63) is 35.9 Å². The molecule has 6 nitrogen and oxygen atoms in total. The van der Waals surface area contributed by atoms with Gasteiger partial charge in [0.05, 0.1) is 13.2 Å². The van der Waals surface area contributed by atoms with Gasteiger partial charge in [0.1, 0.15) is 0 Å². The smallest absolute Gasteiger partial charge is 0.191 e. The molecule has 2 unspecified atom stereocenters. The fraction of sp³-hybridized carbons (Fsp3) is 0.667. The molecule has 0 amide bonds. The maximum atomic E-state index is 5.49. The number of aliphatic imine (C=N–C) groups is 1. The first-order chi connectivity index (χ1) is 13.2. The van der Waals surface area contributed by atoms with Crippen molar-refractivity contribution in [2.75, 3.05) is 46.6 Å². The van der Waals surface area contributed by atoms with Crippen molar-refractivity contribution in [3.63, 3.8) is 0 Å². The number of benzene rings is 1. The van der Waals surface area contributed by atoms with E-state index in [2.05, 4.69) is 59.7 Å². The molecule has 2 rings (SSSR count). The average molecular weight is 377 g/mol. The Balaban J connectivity index is 1.75. The highest BCUT2D eigenvalue weighted by Crippen LogP contribution is 2.20. The van der Waals surface area contributed by atoms with Crippen LogP contribution in [-0.4, -0.2) is 69.5 Å². The van der Waals surface area contributed by atoms with Crippen molar-refractivity contribution in [2.24, 2.45) is 4.99 Å². The quantitative estimate of drug-likeness (QED) is 0.352. The largest absolute Gasteiger partial charge is 0.382 e. The van der Waals surface area contributed by atoms with Crippen LogP contribution in [0.2, 0.25) is 0 Å². The summed E-state index contributed by atoms with van der Waals surface area (Å²) >= 11 is 0. The van der Waals surface area contributed by atoms with Gasteiger partial charge in [-0.1, -0.05) is 30.3 Å². The molecule has 1 saturated heterocycles. The number of likely N-dealkylation sites (tertiary alicyclic amines) is 1. The summed E-state index contributed by atoms with van der Waals surface area (Å²) in [7, 11) is 1.69. The van der Waals surface area contributed by atoms with Crippen LogP contribution in [0.15, 0.2) is 35.3 Å². The minimum absolute atomic E-state index is 0.430. The minimum atomic E-state index is 0.430. The maximum Gasteiger partial charge on any atom is 0.191 e. The predicted molar refractivity (Wildman–Crippen MR) is 111 cm³/mol. The number of rotatable bonds is 11. The number of hydrogen-bond acceptors (Lipinski definition) is 4. The van der Waals surface area contributed by atoms with Gasteiger partial charge in [-0.05, 0) is 32.3 Å². The molecule has 1 aromatic carbocycles. The average Bonchev–Trinajstić information content (AvgIpc) is 3.01. The van der Waals surface area contributed by atoms with Gasteiger partial charge in [0, 0.05) is 52.0 Å². The molecule has 152 valence electrons. The molecule has 1 aliphatic rings. The van der Waals surface area contributed by atoms with E-state index in [1.807, 2.05) is 0 Å². The molecule has 1 aliphatic heterocycles. The van der Waals surface area contributed by atoms with Crippen molar-refractivity contribution in [3.8, 4) is 0 Å². The van der Waals surface area contributed by atoms with Crippen molar-refractivity contribution in [1.29, 1.82) is 0 Å². The molecule has 1 fully saturated rings. The number of guanidine groups is 1. The van der Waals surface area contributed by atoms with Crippen LogP contribution in [-0.2, 0) is 16.0 Å². The van der Waals surface area contributed by atoms with Crippen LogP contribution in [0, 0.1) is 0 Å². The zero-order valence-corrected chi connectivity index (χ0v) is 17.1. The molecule has 6 heteroatoms. The fourth-order valence-electron chi connectivity index (χ4n) is 3.36. The zero-order valence-electron chi connectivity index (χ0n) is 17.1. The summed E-state index contributed by atoms with van der Waals surface area (Å²) in [5, 5.41) is 6.97. The summed E-state index contributed by atoms with van der Waals surface area (Å²) in [6, 6.07) is 11.7. The van der Waals surface area contributed by atoms with Gasteiger partial charge in [-0.15, -0.1) is 0 Å². The van der Waals surface area contributed by atoms with E-state index in [1.54, 1.807) is 7.11 Å². The molecule has 2 atom stereocenters. The van der Waals surface area contributed by atoms with Crippen molar-refractivity contribution in [2.45, 2.75) is 45.3 Å². The first-order valence-electron chi connectivity index (χ1n) is 10.1. The van der Waals surface area contributed by atoms with Crippen LogP contribution >= 0.6 is 0 Å². The van der Waals surface area contributed by atoms with Crippen LogP contribution in [0.1, 0.15) is 32.3 Å². The summed E-state index contributed by atoms with van der Waals surface area (Å²) in [4.78, 5) is 7.24. The second-order valence-corrected chi connectivity index (χ2v) is 7.06. The highest BCUT2D eigenvalue weighted by Gasteiger charge is 2.29. The molecule has 1 heterocycles. The topological polar surface area (TPSA) is 58.1 Å². The Labute approximate surface area is 164 Å². The third-order valence-electron chi connectivity index (χ3n) is 4.77. The normalized spacial score (nSPS) is 20.8. The number of nitrogens with one attached hydrogen (secondary N) is 2. The first kappa shape index (κ1) is 21.7. The van der Waals surface area contributed by atoms with Gasteiger partial charge in [0.2, 0.25) is 0 Å². The monoisotopic (exact) mass is 376 g/mol. The Morgan fingerprint density at radius 2 is 2.04 bits per heavy atom. The lowest BCUT2D eigenvalue weighted by atomic mass is 10.2. The van der Waals surface area contributed by atoms with Crippen LogP contribution in [0.4, 0.5) is 0 Å². The van der Waals surface area contributed by atoms with Crippen molar-refractivity contribution < 1.29 is 9.47 Å². The van der Waals surface area contributed by atoms with Gasteiger partial charge < -0.3 is 20.1 Å². The van der Waals surface area contributed by atoms with Gasteiger partial charge >= 0.3 is 0 Å². The summed E-state index contributed by atoms with van der Waals surface area (Å²) in [6.07, 6.45) is 2.05. The van der Waals surface area contributed by atoms with E-state index < -0.39 is 0 Å². The second kappa shape index (κ2) is 12.7. The zero-order chi connectivity index (χ0) is 19.3. The van der Waals surface area contributed by atoms with Gasteiger partial charge in [-0.25, -0.2) is 0 Å². The van der Waals surface area contributed by atoms with E-state index in [9.17, 15) is 0 Å². The Bertz CT molecular complexity index is 538. The van der Waals surface area contributed by atoms with Crippen LogP contribution in [0.3, 0.4) is 0 Å². The molecule has 0 aromatic heterocycles. The molecule has 0 bridgehead atoms. The van der Waals surface area contributed by atoms with Crippen molar-refractivity contribution >= 4 is 5.96 Å². The SMILES string of the molecule is CCNC(=NCCCOCCOC)NC1CC(C)N(Cc2ccccc2)C1. The number of methoxy groups -OCH3 is 1. The third-order valence-corrected chi connectivity index (χ3v) is 4.77. The number of nitrogens with zero attached hydrogens (tertiary/aromatic N) is 2. The molecule has 1 aromatic rings. The van der Waals surface area contributed by atoms with E-state index in [0.717, 1.165) is 51.6 Å². The van der Waals surface area contributed by atoms with E-state index in [1.165, 1.54) is 5.56 Å². The molecular weight excluding hydrogens is 340 g/mol. The predicted octanol–water partition coefficient (Wildman–Crippen LogP) is 2.26. The summed E-state index contributed by atoms with van der Waals surface area (Å²) in [5.41, 5.74) is 1.37. The van der Waals surface area contributed by atoms with E-state index in [0.29, 0.717) is 25.3 Å². The van der Waals surface area contributed by atoms with E-state index in [-0.39, 0.29) is 0 Å². The number of hydrogen-bond donors (Lipinski definition) is 2. The summed E-state index contributed by atoms with van der Waals surface area (Å²) in [5.74, 6) is 0.910. The van der Waals surface area contributed by atoms with Crippen LogP contribution < -0.4 is 10.6 Å². The third kappa shape index (κ3) is 8.28. The van der Waals surface area contributed by atoms with Gasteiger partial charge in [-0.2, -0.15) is 0 Å². The van der Waals surface area contributed by atoms with Gasteiger partial charge in [-0.3, -0.25) is 9.89 Å². The van der Waals surface area contributed by atoms with Gasteiger partial charge in [0.25, 0.3) is 0 Å². The Morgan fingerprint density at radius 3 is 2.78 bits per heavy atom. The molecule has 0 aliphatic carbocycles. The minimum Gasteiger partial charge on any atom is -0.382 e. The molecular formula is C21H36N4O2. The Morgan fingerprint density at radius 1 is 1.22 bits per heavy atom. The molecule has 0 spiro atoms. The van der Waals surface area contributed by atoms with E-state index in [4.69, 9.17) is 14.5 Å².